The third kappa shape index (κ3) is 3.36. The van der Waals surface area contributed by atoms with Crippen molar-refractivity contribution in [2.45, 2.75) is 13.5 Å². The maximum Gasteiger partial charge on any atom is 0.337 e. The van der Waals surface area contributed by atoms with Gasteiger partial charge < -0.3 is 9.67 Å². The molecule has 0 saturated carbocycles. The van der Waals surface area contributed by atoms with Crippen LogP contribution < -0.4 is 0 Å². The molecule has 7 heteroatoms. The first-order chi connectivity index (χ1) is 15.1. The highest BCUT2D eigenvalue weighted by molar-refractivity contribution is 6.02. The van der Waals surface area contributed by atoms with Gasteiger partial charge in [-0.05, 0) is 41.0 Å². The third-order valence-electron chi connectivity index (χ3n) is 5.48. The topological polar surface area (TPSA) is 96.7 Å². The fraction of sp³-hybridized carbons (Fsp3) is 0.0833. The molecule has 0 radical (unpaired) electrons. The number of hydrogen-bond donors (Lipinski definition) is 2. The number of aromatic carboxylic acids is 1. The van der Waals surface area contributed by atoms with E-state index in [1.807, 2.05) is 43.3 Å². The first kappa shape index (κ1) is 18.7. The second-order valence-electron chi connectivity index (χ2n) is 7.40. The summed E-state index contributed by atoms with van der Waals surface area (Å²) in [6.45, 7) is 2.59. The van der Waals surface area contributed by atoms with Crippen molar-refractivity contribution in [2.75, 3.05) is 0 Å². The molecule has 0 spiro atoms. The van der Waals surface area contributed by atoms with E-state index in [0.717, 1.165) is 38.9 Å². The zero-order chi connectivity index (χ0) is 21.4. The summed E-state index contributed by atoms with van der Waals surface area (Å²) in [5.41, 5.74) is 6.14. The zero-order valence-electron chi connectivity index (χ0n) is 16.8. The van der Waals surface area contributed by atoms with Gasteiger partial charge in [0.25, 0.3) is 0 Å². The molecule has 5 aromatic rings. The van der Waals surface area contributed by atoms with Gasteiger partial charge in [-0.1, -0.05) is 60.7 Å². The Morgan fingerprint density at radius 2 is 1.77 bits per heavy atom. The number of rotatable bonds is 5. The summed E-state index contributed by atoms with van der Waals surface area (Å²) in [6.07, 6.45) is 0. The number of hydrogen-bond acceptors (Lipinski definition) is 4. The molecule has 7 nitrogen and oxygen atoms in total. The fourth-order valence-corrected chi connectivity index (χ4v) is 4.01. The number of carbonyl (C=O) groups is 1. The lowest BCUT2D eigenvalue weighted by Gasteiger charge is -2.12. The fourth-order valence-electron chi connectivity index (χ4n) is 4.01. The highest BCUT2D eigenvalue weighted by Crippen LogP contribution is 2.30. The number of para-hydroxylation sites is 1. The van der Waals surface area contributed by atoms with Gasteiger partial charge in [0.2, 0.25) is 5.82 Å². The summed E-state index contributed by atoms with van der Waals surface area (Å²) in [5, 5.41) is 24.9. The molecule has 0 aliphatic rings. The Balaban J connectivity index is 1.51. The van der Waals surface area contributed by atoms with Crippen LogP contribution >= 0.6 is 0 Å². The summed E-state index contributed by atoms with van der Waals surface area (Å²) in [7, 11) is 0. The van der Waals surface area contributed by atoms with Crippen LogP contribution in [0.4, 0.5) is 0 Å². The molecule has 5 rings (SSSR count). The molecule has 3 aromatic carbocycles. The summed E-state index contributed by atoms with van der Waals surface area (Å²) < 4.78 is 2.06. The number of fused-ring (bicyclic) bond motifs is 1. The van der Waals surface area contributed by atoms with E-state index in [9.17, 15) is 9.90 Å². The van der Waals surface area contributed by atoms with Gasteiger partial charge in [-0.25, -0.2) is 4.79 Å². The van der Waals surface area contributed by atoms with Gasteiger partial charge in [0.15, 0.2) is 0 Å². The average molecular weight is 409 g/mol. The Morgan fingerprint density at radius 1 is 1.00 bits per heavy atom. The third-order valence-corrected chi connectivity index (χ3v) is 5.48. The number of benzene rings is 3. The Hall–Kier alpha value is -4.26. The number of aryl methyl sites for hydroxylation is 1. The summed E-state index contributed by atoms with van der Waals surface area (Å²) >= 11 is 0. The van der Waals surface area contributed by atoms with Crippen LogP contribution in [0.25, 0.3) is 33.4 Å². The van der Waals surface area contributed by atoms with Crippen molar-refractivity contribution in [1.82, 2.24) is 25.2 Å². The molecule has 0 atom stereocenters. The number of carboxylic acids is 1. The van der Waals surface area contributed by atoms with Gasteiger partial charge in [0, 0.05) is 23.2 Å². The smallest absolute Gasteiger partial charge is 0.337 e. The molecular formula is C24H19N5O2. The largest absolute Gasteiger partial charge is 0.478 e. The highest BCUT2D eigenvalue weighted by Gasteiger charge is 2.15. The van der Waals surface area contributed by atoms with Gasteiger partial charge >= 0.3 is 5.97 Å². The number of aromatic nitrogens is 5. The van der Waals surface area contributed by atoms with Crippen LogP contribution in [-0.2, 0) is 6.54 Å². The molecule has 0 saturated heterocycles. The van der Waals surface area contributed by atoms with E-state index in [1.165, 1.54) is 0 Å². The normalized spacial score (nSPS) is 11.1. The van der Waals surface area contributed by atoms with Gasteiger partial charge in [-0.15, -0.1) is 10.2 Å². The van der Waals surface area contributed by atoms with E-state index < -0.39 is 5.97 Å². The second kappa shape index (κ2) is 7.53. The van der Waals surface area contributed by atoms with Crippen LogP contribution in [0, 0.1) is 6.92 Å². The van der Waals surface area contributed by atoms with Crippen LogP contribution in [0.15, 0.2) is 72.8 Å². The van der Waals surface area contributed by atoms with Crippen LogP contribution in [0.1, 0.15) is 21.6 Å². The SMILES string of the molecule is Cc1cc2cccc(C(=O)O)c2n1Cc1ccc(-c2ccccc2-c2nn[nH]n2)cc1. The maximum absolute atomic E-state index is 11.7. The molecule has 0 bridgehead atoms. The van der Waals surface area contributed by atoms with Crippen molar-refractivity contribution in [2.24, 2.45) is 0 Å². The second-order valence-corrected chi connectivity index (χ2v) is 7.40. The predicted molar refractivity (Wildman–Crippen MR) is 118 cm³/mol. The Morgan fingerprint density at radius 3 is 2.48 bits per heavy atom. The molecule has 31 heavy (non-hydrogen) atoms. The van der Waals surface area contributed by atoms with Crippen LogP contribution in [0.3, 0.4) is 0 Å². The Kier molecular flexibility index (Phi) is 4.55. The van der Waals surface area contributed by atoms with Gasteiger partial charge in [-0.2, -0.15) is 5.21 Å². The van der Waals surface area contributed by atoms with E-state index >= 15 is 0 Å². The van der Waals surface area contributed by atoms with Crippen molar-refractivity contribution in [3.05, 3.63) is 89.6 Å². The van der Waals surface area contributed by atoms with Crippen LogP contribution in [-0.4, -0.2) is 36.3 Å². The number of nitrogens with one attached hydrogen (secondary N) is 1. The van der Waals surface area contributed by atoms with Crippen molar-refractivity contribution in [3.8, 4) is 22.5 Å². The number of H-pyrrole nitrogens is 1. The number of tetrazole rings is 1. The lowest BCUT2D eigenvalue weighted by molar-refractivity contribution is 0.0698. The molecule has 0 aliphatic heterocycles. The average Bonchev–Trinajstić information content (AvgIpc) is 3.42. The van der Waals surface area contributed by atoms with E-state index in [4.69, 9.17) is 0 Å². The minimum atomic E-state index is -0.918. The van der Waals surface area contributed by atoms with Gasteiger partial charge in [0.1, 0.15) is 0 Å². The van der Waals surface area contributed by atoms with E-state index in [1.54, 1.807) is 12.1 Å². The van der Waals surface area contributed by atoms with E-state index in [0.29, 0.717) is 17.9 Å². The molecule has 0 unspecified atom stereocenters. The molecule has 2 N–H and O–H groups in total. The molecule has 2 aromatic heterocycles. The summed E-state index contributed by atoms with van der Waals surface area (Å²) in [4.78, 5) is 11.7. The standard InChI is InChI=1S/C24H19N5O2/c1-15-13-18-5-4-8-21(24(30)31)22(18)29(15)14-16-9-11-17(12-10-16)19-6-2-3-7-20(19)23-25-27-28-26-23/h2-13H,14H2,1H3,(H,30,31)(H,25,26,27,28). The van der Waals surface area contributed by atoms with Crippen molar-refractivity contribution in [1.29, 1.82) is 0 Å². The molecule has 0 fully saturated rings. The number of aromatic amines is 1. The quantitative estimate of drug-likeness (QED) is 0.444. The zero-order valence-corrected chi connectivity index (χ0v) is 16.8. The number of carboxylic acid groups (broad SMARTS) is 1. The highest BCUT2D eigenvalue weighted by atomic mass is 16.4. The van der Waals surface area contributed by atoms with Crippen LogP contribution in [0.5, 0.6) is 0 Å². The Bertz CT molecular complexity index is 1390. The lowest BCUT2D eigenvalue weighted by Crippen LogP contribution is -2.06. The van der Waals surface area contributed by atoms with E-state index in [2.05, 4.69) is 49.5 Å². The first-order valence-electron chi connectivity index (χ1n) is 9.86. The van der Waals surface area contributed by atoms with Gasteiger partial charge in [0.05, 0.1) is 11.1 Å². The van der Waals surface area contributed by atoms with Crippen molar-refractivity contribution >= 4 is 16.9 Å². The summed E-state index contributed by atoms with van der Waals surface area (Å²) in [5.74, 6) is -0.367. The minimum Gasteiger partial charge on any atom is -0.478 e. The summed E-state index contributed by atoms with van der Waals surface area (Å²) in [6, 6.07) is 23.6. The molecular weight excluding hydrogens is 390 g/mol. The number of nitrogens with zero attached hydrogens (tertiary/aromatic N) is 4. The molecule has 152 valence electrons. The molecule has 0 aliphatic carbocycles. The molecule has 2 heterocycles. The lowest BCUT2D eigenvalue weighted by atomic mass is 9.98. The minimum absolute atomic E-state index is 0.316. The van der Waals surface area contributed by atoms with Crippen LogP contribution in [0.2, 0.25) is 0 Å². The van der Waals surface area contributed by atoms with Crippen molar-refractivity contribution < 1.29 is 9.90 Å². The Labute approximate surface area is 178 Å². The monoisotopic (exact) mass is 409 g/mol. The van der Waals surface area contributed by atoms with Gasteiger partial charge in [-0.3, -0.25) is 0 Å². The van der Waals surface area contributed by atoms with E-state index in [-0.39, 0.29) is 0 Å². The predicted octanol–water partition coefficient (Wildman–Crippen LogP) is 4.54. The molecule has 0 amide bonds. The van der Waals surface area contributed by atoms with Crippen molar-refractivity contribution in [3.63, 3.8) is 0 Å². The first-order valence-corrected chi connectivity index (χ1v) is 9.86. The maximum atomic E-state index is 11.7.